The van der Waals surface area contributed by atoms with E-state index in [1.165, 1.54) is 13.2 Å². The topological polar surface area (TPSA) is 44.4 Å². The van der Waals surface area contributed by atoms with E-state index in [4.69, 9.17) is 4.74 Å². The number of aromatic nitrogens is 2. The van der Waals surface area contributed by atoms with E-state index in [2.05, 4.69) is 19.8 Å². The minimum absolute atomic E-state index is 0.299. The molecule has 1 aliphatic rings. The molecule has 0 unspecified atom stereocenters. The van der Waals surface area contributed by atoms with Gasteiger partial charge in [0.15, 0.2) is 11.6 Å². The Morgan fingerprint density at radius 2 is 2.10 bits per heavy atom. The van der Waals surface area contributed by atoms with Gasteiger partial charge in [0.1, 0.15) is 0 Å². The van der Waals surface area contributed by atoms with Crippen molar-refractivity contribution in [3.63, 3.8) is 0 Å². The predicted octanol–water partition coefficient (Wildman–Crippen LogP) is 1.88. The summed E-state index contributed by atoms with van der Waals surface area (Å²) in [5.41, 5.74) is 2.14. The number of nitrogens with one attached hydrogen (secondary N) is 1. The van der Waals surface area contributed by atoms with Crippen LogP contribution in [0.15, 0.2) is 30.7 Å². The number of anilines is 1. The lowest BCUT2D eigenvalue weighted by molar-refractivity contribution is 0.247. The summed E-state index contributed by atoms with van der Waals surface area (Å²) in [5.74, 6) is -0.0217. The predicted molar refractivity (Wildman–Crippen MR) is 79.0 cm³/mol. The second kappa shape index (κ2) is 6.13. The first kappa shape index (κ1) is 13.9. The third kappa shape index (κ3) is 3.16. The monoisotopic (exact) mass is 290 g/mol. The first-order valence-corrected chi connectivity index (χ1v) is 7.04. The van der Waals surface area contributed by atoms with Gasteiger partial charge >= 0.3 is 0 Å². The van der Waals surface area contributed by atoms with Crippen LogP contribution in [0.5, 0.6) is 5.75 Å². The Labute approximate surface area is 123 Å². The molecule has 3 rings (SSSR count). The SMILES string of the molecule is COc1cc(N2CCN(Cc3cnc[nH]3)CC2)ccc1F. The molecule has 0 atom stereocenters. The molecule has 112 valence electrons. The van der Waals surface area contributed by atoms with Crippen LogP contribution in [0.1, 0.15) is 5.69 Å². The molecule has 6 heteroatoms. The summed E-state index contributed by atoms with van der Waals surface area (Å²) in [6.07, 6.45) is 3.56. The summed E-state index contributed by atoms with van der Waals surface area (Å²) in [5, 5.41) is 0. The Morgan fingerprint density at radius 3 is 2.76 bits per heavy atom. The third-order valence-corrected chi connectivity index (χ3v) is 3.82. The number of hydrogen-bond donors (Lipinski definition) is 1. The molecule has 0 spiro atoms. The van der Waals surface area contributed by atoms with Crippen molar-refractivity contribution in [2.45, 2.75) is 6.54 Å². The number of rotatable bonds is 4. The van der Waals surface area contributed by atoms with Gasteiger partial charge in [-0.05, 0) is 12.1 Å². The van der Waals surface area contributed by atoms with E-state index in [-0.39, 0.29) is 5.82 Å². The third-order valence-electron chi connectivity index (χ3n) is 3.82. The van der Waals surface area contributed by atoms with Crippen molar-refractivity contribution in [1.82, 2.24) is 14.9 Å². The second-order valence-electron chi connectivity index (χ2n) is 5.16. The highest BCUT2D eigenvalue weighted by Crippen LogP contribution is 2.25. The minimum Gasteiger partial charge on any atom is -0.494 e. The van der Waals surface area contributed by atoms with Crippen molar-refractivity contribution < 1.29 is 9.13 Å². The molecule has 2 aromatic rings. The number of piperazine rings is 1. The number of halogens is 1. The highest BCUT2D eigenvalue weighted by Gasteiger charge is 2.18. The van der Waals surface area contributed by atoms with Crippen LogP contribution in [0.3, 0.4) is 0 Å². The lowest BCUT2D eigenvalue weighted by atomic mass is 10.2. The number of imidazole rings is 1. The molecule has 1 N–H and O–H groups in total. The molecule has 1 aliphatic heterocycles. The number of methoxy groups -OCH3 is 1. The van der Waals surface area contributed by atoms with E-state index in [1.807, 2.05) is 12.3 Å². The molecule has 0 bridgehead atoms. The zero-order valence-electron chi connectivity index (χ0n) is 12.1. The average molecular weight is 290 g/mol. The molecule has 2 heterocycles. The fraction of sp³-hybridized carbons (Fsp3) is 0.400. The van der Waals surface area contributed by atoms with Crippen LogP contribution in [0.25, 0.3) is 0 Å². The summed E-state index contributed by atoms with van der Waals surface area (Å²) in [4.78, 5) is 11.8. The normalized spacial score (nSPS) is 16.2. The second-order valence-corrected chi connectivity index (χ2v) is 5.16. The summed E-state index contributed by atoms with van der Waals surface area (Å²) in [6, 6.07) is 5.04. The largest absolute Gasteiger partial charge is 0.494 e. The molecule has 1 saturated heterocycles. The van der Waals surface area contributed by atoms with E-state index in [9.17, 15) is 4.39 Å². The Balaban J connectivity index is 1.60. The molecule has 1 aromatic heterocycles. The zero-order valence-corrected chi connectivity index (χ0v) is 12.1. The fourth-order valence-electron chi connectivity index (χ4n) is 2.62. The van der Waals surface area contributed by atoms with Crippen molar-refractivity contribution in [2.75, 3.05) is 38.2 Å². The van der Waals surface area contributed by atoms with E-state index < -0.39 is 0 Å². The highest BCUT2D eigenvalue weighted by molar-refractivity contribution is 5.51. The maximum Gasteiger partial charge on any atom is 0.165 e. The van der Waals surface area contributed by atoms with Crippen LogP contribution in [0.2, 0.25) is 0 Å². The van der Waals surface area contributed by atoms with Crippen molar-refractivity contribution in [3.05, 3.63) is 42.2 Å². The summed E-state index contributed by atoms with van der Waals surface area (Å²) in [7, 11) is 1.49. The number of benzene rings is 1. The number of aromatic amines is 1. The Hall–Kier alpha value is -2.08. The van der Waals surface area contributed by atoms with E-state index >= 15 is 0 Å². The van der Waals surface area contributed by atoms with Crippen molar-refractivity contribution in [1.29, 1.82) is 0 Å². The van der Waals surface area contributed by atoms with E-state index in [1.54, 1.807) is 12.4 Å². The zero-order chi connectivity index (χ0) is 14.7. The molecule has 1 fully saturated rings. The lowest BCUT2D eigenvalue weighted by Gasteiger charge is -2.36. The molecule has 0 amide bonds. The van der Waals surface area contributed by atoms with Crippen molar-refractivity contribution >= 4 is 5.69 Å². The van der Waals surface area contributed by atoms with Crippen LogP contribution in [-0.2, 0) is 6.54 Å². The van der Waals surface area contributed by atoms with Crippen molar-refractivity contribution in [2.24, 2.45) is 0 Å². The van der Waals surface area contributed by atoms with Crippen LogP contribution >= 0.6 is 0 Å². The van der Waals surface area contributed by atoms with Gasteiger partial charge in [-0.15, -0.1) is 0 Å². The van der Waals surface area contributed by atoms with Gasteiger partial charge in [-0.2, -0.15) is 0 Å². The van der Waals surface area contributed by atoms with Gasteiger partial charge in [0.05, 0.1) is 13.4 Å². The molecule has 0 aliphatic carbocycles. The van der Waals surface area contributed by atoms with E-state index in [0.29, 0.717) is 5.75 Å². The van der Waals surface area contributed by atoms with Gasteiger partial charge in [-0.3, -0.25) is 4.90 Å². The summed E-state index contributed by atoms with van der Waals surface area (Å²) < 4.78 is 18.5. The summed E-state index contributed by atoms with van der Waals surface area (Å²) in [6.45, 7) is 4.67. The quantitative estimate of drug-likeness (QED) is 0.934. The fourth-order valence-corrected chi connectivity index (χ4v) is 2.62. The van der Waals surface area contributed by atoms with Crippen LogP contribution in [0, 0.1) is 5.82 Å². The number of nitrogens with zero attached hydrogens (tertiary/aromatic N) is 3. The highest BCUT2D eigenvalue weighted by atomic mass is 19.1. The van der Waals surface area contributed by atoms with Crippen LogP contribution in [0.4, 0.5) is 10.1 Å². The van der Waals surface area contributed by atoms with E-state index in [0.717, 1.165) is 44.1 Å². The van der Waals surface area contributed by atoms with Gasteiger partial charge in [0, 0.05) is 56.4 Å². The molecule has 21 heavy (non-hydrogen) atoms. The molecule has 0 saturated carbocycles. The minimum atomic E-state index is -0.320. The average Bonchev–Trinajstić information content (AvgIpc) is 3.02. The molecular weight excluding hydrogens is 271 g/mol. The molecule has 1 aromatic carbocycles. The molecule has 0 radical (unpaired) electrons. The Morgan fingerprint density at radius 1 is 1.29 bits per heavy atom. The number of ether oxygens (including phenoxy) is 1. The molecule has 5 nitrogen and oxygen atoms in total. The van der Waals surface area contributed by atoms with Gasteiger partial charge in [-0.25, -0.2) is 9.37 Å². The van der Waals surface area contributed by atoms with Gasteiger partial charge < -0.3 is 14.6 Å². The van der Waals surface area contributed by atoms with Gasteiger partial charge in [0.25, 0.3) is 0 Å². The van der Waals surface area contributed by atoms with Crippen LogP contribution < -0.4 is 9.64 Å². The standard InChI is InChI=1S/C15H19FN4O/c1-21-15-8-13(2-3-14(15)16)20-6-4-19(5-7-20)10-12-9-17-11-18-12/h2-3,8-9,11H,4-7,10H2,1H3,(H,17,18). The Bertz CT molecular complexity index is 579. The summed E-state index contributed by atoms with van der Waals surface area (Å²) >= 11 is 0. The maximum atomic E-state index is 13.4. The Kier molecular flexibility index (Phi) is 4.06. The van der Waals surface area contributed by atoms with Gasteiger partial charge in [-0.1, -0.05) is 0 Å². The first-order valence-electron chi connectivity index (χ1n) is 7.04. The van der Waals surface area contributed by atoms with Crippen LogP contribution in [-0.4, -0.2) is 48.2 Å². The number of H-pyrrole nitrogens is 1. The van der Waals surface area contributed by atoms with Crippen molar-refractivity contribution in [3.8, 4) is 5.75 Å². The molecular formula is C15H19FN4O. The maximum absolute atomic E-state index is 13.4. The number of hydrogen-bond acceptors (Lipinski definition) is 4. The lowest BCUT2D eigenvalue weighted by Crippen LogP contribution is -2.46. The first-order chi connectivity index (χ1) is 10.3. The smallest absolute Gasteiger partial charge is 0.165 e. The van der Waals surface area contributed by atoms with Gasteiger partial charge in [0.2, 0.25) is 0 Å².